The Labute approximate surface area is 184 Å². The Kier molecular flexibility index (Phi) is 8.72. The van der Waals surface area contributed by atoms with Gasteiger partial charge in [0.05, 0.1) is 13.2 Å². The maximum atomic E-state index is 12.1. The summed E-state index contributed by atoms with van der Waals surface area (Å²) < 4.78 is 11.6. The molecule has 0 bridgehead atoms. The van der Waals surface area contributed by atoms with Crippen LogP contribution in [0.5, 0.6) is 5.75 Å². The molecule has 2 aromatic rings. The maximum absolute atomic E-state index is 12.1. The number of carbonyl (C=O) groups excluding carboxylic acids is 1. The highest BCUT2D eigenvalue weighted by atomic mass is 16.5. The van der Waals surface area contributed by atoms with E-state index in [0.717, 1.165) is 35.5 Å². The van der Waals surface area contributed by atoms with Crippen LogP contribution < -0.4 is 20.7 Å². The van der Waals surface area contributed by atoms with E-state index in [2.05, 4.69) is 46.1 Å². The van der Waals surface area contributed by atoms with Crippen LogP contribution in [0.15, 0.2) is 53.5 Å². The maximum Gasteiger partial charge on any atom is 0.222 e. The van der Waals surface area contributed by atoms with Crippen LogP contribution in [0, 0.1) is 6.92 Å². The van der Waals surface area contributed by atoms with Gasteiger partial charge in [-0.15, -0.1) is 0 Å². The minimum atomic E-state index is -0.000176. The molecule has 7 heteroatoms. The zero-order valence-corrected chi connectivity index (χ0v) is 18.3. The minimum absolute atomic E-state index is 0.000176. The summed E-state index contributed by atoms with van der Waals surface area (Å²) in [6, 6.07) is 16.1. The fourth-order valence-corrected chi connectivity index (χ4v) is 3.28. The number of amides is 1. The summed E-state index contributed by atoms with van der Waals surface area (Å²) in [5.41, 5.74) is 3.30. The molecule has 0 aliphatic carbocycles. The molecule has 3 N–H and O–H groups in total. The number of benzene rings is 2. The predicted octanol–water partition coefficient (Wildman–Crippen LogP) is 2.53. The Hall–Kier alpha value is -3.06. The first-order valence-corrected chi connectivity index (χ1v) is 10.7. The molecule has 0 radical (unpaired) electrons. The molecule has 7 nitrogen and oxygen atoms in total. The van der Waals surface area contributed by atoms with Crippen molar-refractivity contribution < 1.29 is 14.3 Å². The molecule has 1 amide bonds. The van der Waals surface area contributed by atoms with Gasteiger partial charge in [0.1, 0.15) is 11.9 Å². The number of hydrogen-bond donors (Lipinski definition) is 3. The molecule has 1 fully saturated rings. The topological polar surface area (TPSA) is 84.0 Å². The zero-order chi connectivity index (χ0) is 21.9. The molecule has 0 aromatic heterocycles. The number of carbonyl (C=O) groups is 1. The van der Waals surface area contributed by atoms with E-state index in [0.29, 0.717) is 38.6 Å². The Balaban J connectivity index is 1.42. The van der Waals surface area contributed by atoms with Crippen molar-refractivity contribution in [1.82, 2.24) is 16.0 Å². The third-order valence-electron chi connectivity index (χ3n) is 5.05. The van der Waals surface area contributed by atoms with Crippen LogP contribution >= 0.6 is 0 Å². The lowest BCUT2D eigenvalue weighted by molar-refractivity contribution is -0.121. The normalized spacial score (nSPS) is 16.1. The highest BCUT2D eigenvalue weighted by molar-refractivity contribution is 5.81. The van der Waals surface area contributed by atoms with Gasteiger partial charge in [0.2, 0.25) is 5.91 Å². The molecule has 0 saturated carbocycles. The van der Waals surface area contributed by atoms with Crippen molar-refractivity contribution in [2.24, 2.45) is 4.99 Å². The van der Waals surface area contributed by atoms with Crippen LogP contribution in [0.4, 0.5) is 0 Å². The lowest BCUT2D eigenvalue weighted by atomic mass is 10.1. The largest absolute Gasteiger partial charge is 0.488 e. The second kappa shape index (κ2) is 12.0. The van der Waals surface area contributed by atoms with E-state index in [-0.39, 0.29) is 12.0 Å². The first-order valence-electron chi connectivity index (χ1n) is 10.7. The first kappa shape index (κ1) is 22.6. The summed E-state index contributed by atoms with van der Waals surface area (Å²) in [7, 11) is 1.72. The quantitative estimate of drug-likeness (QED) is 0.426. The van der Waals surface area contributed by atoms with E-state index in [1.807, 2.05) is 30.3 Å². The summed E-state index contributed by atoms with van der Waals surface area (Å²) in [6.45, 7) is 5.05. The lowest BCUT2D eigenvalue weighted by Crippen LogP contribution is -2.39. The zero-order valence-electron chi connectivity index (χ0n) is 18.3. The third-order valence-corrected chi connectivity index (χ3v) is 5.05. The smallest absolute Gasteiger partial charge is 0.222 e. The second-order valence-corrected chi connectivity index (χ2v) is 7.58. The predicted molar refractivity (Wildman–Crippen MR) is 122 cm³/mol. The van der Waals surface area contributed by atoms with E-state index >= 15 is 0 Å². The fraction of sp³-hybridized carbons (Fsp3) is 0.417. The average Bonchev–Trinajstić information content (AvgIpc) is 3.29. The van der Waals surface area contributed by atoms with E-state index in [1.54, 1.807) is 7.05 Å². The van der Waals surface area contributed by atoms with Gasteiger partial charge in [-0.05, 0) is 24.1 Å². The number of aryl methyl sites for hydroxylation is 1. The van der Waals surface area contributed by atoms with Crippen molar-refractivity contribution in [2.45, 2.75) is 39.0 Å². The number of nitrogens with one attached hydrogen (secondary N) is 3. The second-order valence-electron chi connectivity index (χ2n) is 7.58. The van der Waals surface area contributed by atoms with Crippen molar-refractivity contribution in [3.05, 3.63) is 65.2 Å². The molecule has 1 aliphatic rings. The molecule has 166 valence electrons. The summed E-state index contributed by atoms with van der Waals surface area (Å²) in [4.78, 5) is 16.3. The third kappa shape index (κ3) is 7.61. The van der Waals surface area contributed by atoms with Crippen molar-refractivity contribution >= 4 is 11.9 Å². The molecule has 1 unspecified atom stereocenters. The molecule has 2 aromatic carbocycles. The number of aliphatic imine (C=N–C) groups is 1. The Morgan fingerprint density at radius 1 is 1.13 bits per heavy atom. The Morgan fingerprint density at radius 2 is 1.97 bits per heavy atom. The molecular weight excluding hydrogens is 392 g/mol. The van der Waals surface area contributed by atoms with Gasteiger partial charge in [-0.3, -0.25) is 9.79 Å². The van der Waals surface area contributed by atoms with E-state index in [4.69, 9.17) is 9.47 Å². The van der Waals surface area contributed by atoms with Gasteiger partial charge in [-0.2, -0.15) is 0 Å². The van der Waals surface area contributed by atoms with Gasteiger partial charge < -0.3 is 25.4 Å². The van der Waals surface area contributed by atoms with Crippen LogP contribution in [0.1, 0.15) is 29.5 Å². The molecule has 1 heterocycles. The average molecular weight is 425 g/mol. The highest BCUT2D eigenvalue weighted by Crippen LogP contribution is 2.23. The summed E-state index contributed by atoms with van der Waals surface area (Å²) >= 11 is 0. The van der Waals surface area contributed by atoms with E-state index in [1.165, 1.54) is 0 Å². The number of ether oxygens (including phenoxy) is 2. The van der Waals surface area contributed by atoms with Crippen LogP contribution in [0.25, 0.3) is 0 Å². The molecule has 1 atom stereocenters. The number of guanidine groups is 1. The summed E-state index contributed by atoms with van der Waals surface area (Å²) in [6.07, 6.45) is 1.39. The SMILES string of the molecule is CN=C(NCCC(=O)NCc1ccccc1)NCc1ccc(C)cc1OC1CCOC1. The van der Waals surface area contributed by atoms with Gasteiger partial charge in [0.15, 0.2) is 5.96 Å². The van der Waals surface area contributed by atoms with Gasteiger partial charge in [-0.1, -0.05) is 42.5 Å². The molecular formula is C24H32N4O3. The monoisotopic (exact) mass is 424 g/mol. The van der Waals surface area contributed by atoms with E-state index in [9.17, 15) is 4.79 Å². The molecule has 1 saturated heterocycles. The molecule has 31 heavy (non-hydrogen) atoms. The fourth-order valence-electron chi connectivity index (χ4n) is 3.28. The number of hydrogen-bond acceptors (Lipinski definition) is 4. The van der Waals surface area contributed by atoms with Crippen LogP contribution in [-0.4, -0.2) is 44.8 Å². The summed E-state index contributed by atoms with van der Waals surface area (Å²) in [5.74, 6) is 1.52. The first-order chi connectivity index (χ1) is 15.1. The Bertz CT molecular complexity index is 864. The Morgan fingerprint density at radius 3 is 2.71 bits per heavy atom. The van der Waals surface area contributed by atoms with Crippen LogP contribution in [0.2, 0.25) is 0 Å². The van der Waals surface area contributed by atoms with Crippen molar-refractivity contribution in [3.8, 4) is 5.75 Å². The van der Waals surface area contributed by atoms with Gasteiger partial charge in [0.25, 0.3) is 0 Å². The molecule has 1 aliphatic heterocycles. The van der Waals surface area contributed by atoms with Gasteiger partial charge in [-0.25, -0.2) is 0 Å². The molecule has 3 rings (SSSR count). The van der Waals surface area contributed by atoms with Gasteiger partial charge >= 0.3 is 0 Å². The number of nitrogens with zero attached hydrogens (tertiary/aromatic N) is 1. The lowest BCUT2D eigenvalue weighted by Gasteiger charge is -2.18. The van der Waals surface area contributed by atoms with Crippen molar-refractivity contribution in [3.63, 3.8) is 0 Å². The molecule has 0 spiro atoms. The van der Waals surface area contributed by atoms with Gasteiger partial charge in [0, 0.05) is 45.1 Å². The van der Waals surface area contributed by atoms with Crippen LogP contribution in [0.3, 0.4) is 0 Å². The highest BCUT2D eigenvalue weighted by Gasteiger charge is 2.18. The standard InChI is InChI=1S/C24H32N4O3/c1-18-8-9-20(22(14-18)31-21-11-13-30-17-21)16-28-24(25-2)26-12-10-23(29)27-15-19-6-4-3-5-7-19/h3-9,14,21H,10-13,15-17H2,1-2H3,(H,27,29)(H2,25,26,28). The van der Waals surface area contributed by atoms with Crippen molar-refractivity contribution in [1.29, 1.82) is 0 Å². The van der Waals surface area contributed by atoms with Crippen molar-refractivity contribution in [2.75, 3.05) is 26.8 Å². The van der Waals surface area contributed by atoms with Crippen LogP contribution in [-0.2, 0) is 22.6 Å². The number of rotatable bonds is 9. The minimum Gasteiger partial charge on any atom is -0.488 e. The summed E-state index contributed by atoms with van der Waals surface area (Å²) in [5, 5.41) is 9.42. The van der Waals surface area contributed by atoms with E-state index < -0.39 is 0 Å².